The summed E-state index contributed by atoms with van der Waals surface area (Å²) in [5.41, 5.74) is 4.93. The Bertz CT molecular complexity index is 1150. The van der Waals surface area contributed by atoms with E-state index in [1.807, 2.05) is 50.2 Å². The maximum absolute atomic E-state index is 13.9. The lowest BCUT2D eigenvalue weighted by Crippen LogP contribution is -2.51. The molecular formula is C30H39N3O3. The molecule has 0 bridgehead atoms. The highest BCUT2D eigenvalue weighted by Crippen LogP contribution is 2.43. The van der Waals surface area contributed by atoms with Crippen LogP contribution in [0.5, 0.6) is 0 Å². The molecule has 0 unspecified atom stereocenters. The molecule has 1 aliphatic heterocycles. The number of benzene rings is 2. The quantitative estimate of drug-likeness (QED) is 0.461. The molecule has 1 spiro atoms. The van der Waals surface area contributed by atoms with Crippen molar-refractivity contribution in [3.63, 3.8) is 0 Å². The number of hydrogen-bond donors (Lipinski definition) is 1. The van der Waals surface area contributed by atoms with Crippen molar-refractivity contribution in [1.29, 1.82) is 0 Å². The monoisotopic (exact) mass is 489 g/mol. The van der Waals surface area contributed by atoms with Gasteiger partial charge in [0.15, 0.2) is 0 Å². The van der Waals surface area contributed by atoms with E-state index in [0.29, 0.717) is 12.8 Å². The summed E-state index contributed by atoms with van der Waals surface area (Å²) < 4.78 is 0. The lowest BCUT2D eigenvalue weighted by Gasteiger charge is -2.38. The average Bonchev–Trinajstić information content (AvgIpc) is 3.02. The molecule has 36 heavy (non-hydrogen) atoms. The first-order valence-electron chi connectivity index (χ1n) is 13.2. The van der Waals surface area contributed by atoms with Crippen molar-refractivity contribution < 1.29 is 14.4 Å². The van der Waals surface area contributed by atoms with Crippen molar-refractivity contribution in [2.75, 3.05) is 16.8 Å². The van der Waals surface area contributed by atoms with Gasteiger partial charge in [-0.1, -0.05) is 71.2 Å². The number of nitrogens with zero attached hydrogens (tertiary/aromatic N) is 2. The second-order valence-electron chi connectivity index (χ2n) is 11.0. The minimum Gasteiger partial charge on any atom is -0.324 e. The van der Waals surface area contributed by atoms with Gasteiger partial charge in [-0.25, -0.2) is 4.79 Å². The number of para-hydroxylation sites is 1. The first kappa shape index (κ1) is 25.9. The Kier molecular flexibility index (Phi) is 7.26. The van der Waals surface area contributed by atoms with E-state index in [-0.39, 0.29) is 30.2 Å². The molecule has 1 aliphatic carbocycles. The van der Waals surface area contributed by atoms with Gasteiger partial charge >= 0.3 is 6.03 Å². The fraction of sp³-hybridized carbons (Fsp3) is 0.500. The summed E-state index contributed by atoms with van der Waals surface area (Å²) in [5.74, 6) is -0.152. The molecule has 2 aromatic rings. The molecule has 1 saturated heterocycles. The zero-order chi connectivity index (χ0) is 26.2. The van der Waals surface area contributed by atoms with Gasteiger partial charge in [0.05, 0.1) is 0 Å². The predicted octanol–water partition coefficient (Wildman–Crippen LogP) is 6.66. The van der Waals surface area contributed by atoms with Crippen molar-refractivity contribution in [2.45, 2.75) is 91.0 Å². The van der Waals surface area contributed by atoms with Crippen LogP contribution in [0.25, 0.3) is 0 Å². The van der Waals surface area contributed by atoms with Crippen LogP contribution in [0.15, 0.2) is 36.4 Å². The Labute approximate surface area is 215 Å². The topological polar surface area (TPSA) is 69.7 Å². The highest BCUT2D eigenvalue weighted by Gasteiger charge is 2.58. The third-order valence-electron chi connectivity index (χ3n) is 7.86. The lowest BCUT2D eigenvalue weighted by molar-refractivity contribution is -0.134. The number of carbonyl (C=O) groups excluding carboxylic acids is 3. The first-order valence-corrected chi connectivity index (χ1v) is 13.2. The highest BCUT2D eigenvalue weighted by molar-refractivity contribution is 6.18. The third kappa shape index (κ3) is 4.54. The highest BCUT2D eigenvalue weighted by atomic mass is 16.2. The number of nitrogens with one attached hydrogen (secondary N) is 1. The first-order chi connectivity index (χ1) is 17.1. The van der Waals surface area contributed by atoms with E-state index in [1.54, 1.807) is 4.90 Å². The van der Waals surface area contributed by atoms with E-state index in [9.17, 15) is 14.4 Å². The van der Waals surface area contributed by atoms with Gasteiger partial charge in [-0.05, 0) is 72.9 Å². The molecule has 1 saturated carbocycles. The van der Waals surface area contributed by atoms with Crippen LogP contribution in [0.4, 0.5) is 16.2 Å². The third-order valence-corrected chi connectivity index (χ3v) is 7.86. The molecule has 6 heteroatoms. The Hall–Kier alpha value is -3.15. The van der Waals surface area contributed by atoms with Gasteiger partial charge in [0.2, 0.25) is 5.91 Å². The molecule has 1 N–H and O–H groups in total. The van der Waals surface area contributed by atoms with E-state index in [1.165, 1.54) is 4.90 Å². The summed E-state index contributed by atoms with van der Waals surface area (Å²) in [6.45, 7) is 12.1. The Morgan fingerprint density at radius 1 is 0.917 bits per heavy atom. The number of amides is 4. The average molecular weight is 490 g/mol. The molecule has 0 radical (unpaired) electrons. The largest absolute Gasteiger partial charge is 0.332 e. The van der Waals surface area contributed by atoms with Gasteiger partial charge in [-0.15, -0.1) is 0 Å². The normalized spacial score (nSPS) is 17.6. The molecular weight excluding hydrogens is 450 g/mol. The van der Waals surface area contributed by atoms with Gasteiger partial charge < -0.3 is 5.32 Å². The molecule has 0 atom stereocenters. The number of anilines is 2. The summed E-state index contributed by atoms with van der Waals surface area (Å²) in [4.78, 5) is 43.8. The minimum atomic E-state index is -0.907. The summed E-state index contributed by atoms with van der Waals surface area (Å²) >= 11 is 0. The van der Waals surface area contributed by atoms with E-state index >= 15 is 0 Å². The number of rotatable bonds is 6. The van der Waals surface area contributed by atoms with Gasteiger partial charge in [0.1, 0.15) is 12.1 Å². The van der Waals surface area contributed by atoms with Crippen molar-refractivity contribution in [1.82, 2.24) is 4.90 Å². The van der Waals surface area contributed by atoms with E-state index in [2.05, 4.69) is 33.0 Å². The minimum absolute atomic E-state index is 0.222. The second-order valence-corrected chi connectivity index (χ2v) is 11.0. The number of urea groups is 1. The van der Waals surface area contributed by atoms with Crippen LogP contribution in [-0.4, -0.2) is 34.8 Å². The zero-order valence-electron chi connectivity index (χ0n) is 22.5. The SMILES string of the molecule is Cc1ccc(N2C(=O)N(CC(=O)Nc3c(C(C)C)cccc3C(C)C)C(=O)C23CCCCC3)cc1C. The van der Waals surface area contributed by atoms with Crippen LogP contribution in [-0.2, 0) is 9.59 Å². The molecule has 0 aromatic heterocycles. The molecule has 4 rings (SSSR count). The number of hydrogen-bond acceptors (Lipinski definition) is 3. The molecule has 2 aliphatic rings. The molecule has 2 fully saturated rings. The maximum atomic E-state index is 13.9. The number of imide groups is 1. The van der Waals surface area contributed by atoms with Crippen LogP contribution in [0, 0.1) is 13.8 Å². The smallest absolute Gasteiger partial charge is 0.324 e. The Balaban J connectivity index is 1.66. The molecule has 192 valence electrons. The summed E-state index contributed by atoms with van der Waals surface area (Å²) in [6, 6.07) is 11.6. The van der Waals surface area contributed by atoms with Crippen LogP contribution in [0.2, 0.25) is 0 Å². The summed E-state index contributed by atoms with van der Waals surface area (Å²) in [7, 11) is 0. The second kappa shape index (κ2) is 10.1. The molecule has 2 aromatic carbocycles. The van der Waals surface area contributed by atoms with Gasteiger partial charge in [0, 0.05) is 11.4 Å². The van der Waals surface area contributed by atoms with Crippen molar-refractivity contribution >= 4 is 29.2 Å². The molecule has 1 heterocycles. The Morgan fingerprint density at radius 3 is 2.08 bits per heavy atom. The maximum Gasteiger partial charge on any atom is 0.332 e. The fourth-order valence-electron chi connectivity index (χ4n) is 5.69. The van der Waals surface area contributed by atoms with Gasteiger partial charge in [-0.3, -0.25) is 19.4 Å². The molecule has 6 nitrogen and oxygen atoms in total. The van der Waals surface area contributed by atoms with Crippen molar-refractivity contribution in [3.05, 3.63) is 58.7 Å². The van der Waals surface area contributed by atoms with E-state index in [4.69, 9.17) is 0 Å². The van der Waals surface area contributed by atoms with Gasteiger partial charge in [-0.2, -0.15) is 0 Å². The van der Waals surface area contributed by atoms with Crippen molar-refractivity contribution in [3.8, 4) is 0 Å². The van der Waals surface area contributed by atoms with Crippen LogP contribution >= 0.6 is 0 Å². The van der Waals surface area contributed by atoms with Crippen LogP contribution < -0.4 is 10.2 Å². The summed E-state index contributed by atoms with van der Waals surface area (Å²) in [6.07, 6.45) is 4.07. The van der Waals surface area contributed by atoms with E-state index < -0.39 is 11.6 Å². The van der Waals surface area contributed by atoms with E-state index in [0.717, 1.165) is 52.9 Å². The number of carbonyl (C=O) groups is 3. The lowest BCUT2D eigenvalue weighted by atomic mass is 9.80. The van der Waals surface area contributed by atoms with Gasteiger partial charge in [0.25, 0.3) is 5.91 Å². The Morgan fingerprint density at radius 2 is 1.53 bits per heavy atom. The van der Waals surface area contributed by atoms with Crippen LogP contribution in [0.1, 0.15) is 93.9 Å². The fourth-order valence-corrected chi connectivity index (χ4v) is 5.69. The summed E-state index contributed by atoms with van der Waals surface area (Å²) in [5, 5.41) is 3.07. The molecule has 4 amide bonds. The zero-order valence-corrected chi connectivity index (χ0v) is 22.5. The standard InChI is InChI=1S/C30H39N3O3/c1-19(2)24-11-10-12-25(20(3)4)27(24)31-26(34)18-32-28(35)30(15-8-7-9-16-30)33(29(32)36)23-14-13-21(5)22(6)17-23/h10-14,17,19-20H,7-9,15-16,18H2,1-6H3,(H,31,34). The van der Waals surface area contributed by atoms with Crippen LogP contribution in [0.3, 0.4) is 0 Å². The predicted molar refractivity (Wildman–Crippen MR) is 145 cm³/mol. The number of aryl methyl sites for hydroxylation is 2. The van der Waals surface area contributed by atoms with Crippen molar-refractivity contribution in [2.24, 2.45) is 0 Å².